The monoisotopic (exact) mass is 313 g/mol. The number of carbonyl (C=O) groups is 1. The Morgan fingerprint density at radius 3 is 2.83 bits per heavy atom. The average molecular weight is 314 g/mol. The molecule has 0 aliphatic carbocycles. The summed E-state index contributed by atoms with van der Waals surface area (Å²) in [7, 11) is 0. The molecule has 1 atom stereocenters. The Hall–Kier alpha value is -1.47. The van der Waals surface area contributed by atoms with Crippen molar-refractivity contribution < 1.29 is 9.72 Å². The molecule has 96 valence electrons. The van der Waals surface area contributed by atoms with Gasteiger partial charge in [0.2, 0.25) is 5.91 Å². The van der Waals surface area contributed by atoms with Crippen LogP contribution in [0.1, 0.15) is 12.8 Å². The molecule has 1 amide bonds. The zero-order valence-electron chi connectivity index (χ0n) is 9.51. The van der Waals surface area contributed by atoms with Gasteiger partial charge in [-0.2, -0.15) is 0 Å². The molecule has 7 heteroatoms. The molecule has 0 saturated carbocycles. The number of amides is 1. The molecule has 0 spiro atoms. The van der Waals surface area contributed by atoms with Crippen molar-refractivity contribution >= 4 is 33.2 Å². The predicted octanol–water partition coefficient (Wildman–Crippen LogP) is 1.81. The number of anilines is 1. The molecule has 1 aliphatic heterocycles. The molecule has 1 saturated heterocycles. The topological polar surface area (TPSA) is 89.5 Å². The van der Waals surface area contributed by atoms with Crippen LogP contribution < -0.4 is 10.6 Å². The van der Waals surface area contributed by atoms with Gasteiger partial charge >= 0.3 is 0 Å². The molecular formula is C11H12BrN3O3. The number of nitro groups is 1. The van der Waals surface area contributed by atoms with Gasteiger partial charge in [0.1, 0.15) is 0 Å². The number of nitro benzene ring substituents is 1. The summed E-state index contributed by atoms with van der Waals surface area (Å²) < 4.78 is 0.527. The lowest BCUT2D eigenvalue weighted by Crippen LogP contribution is -2.48. The van der Waals surface area contributed by atoms with Crippen molar-refractivity contribution in [3.05, 3.63) is 32.8 Å². The molecule has 18 heavy (non-hydrogen) atoms. The van der Waals surface area contributed by atoms with E-state index in [4.69, 9.17) is 5.73 Å². The number of carbonyl (C=O) groups excluding carboxylic acids is 1. The van der Waals surface area contributed by atoms with Gasteiger partial charge in [0.15, 0.2) is 0 Å². The smallest absolute Gasteiger partial charge is 0.270 e. The first-order chi connectivity index (χ1) is 8.50. The van der Waals surface area contributed by atoms with E-state index in [9.17, 15) is 14.9 Å². The zero-order valence-corrected chi connectivity index (χ0v) is 11.1. The molecule has 2 N–H and O–H groups in total. The van der Waals surface area contributed by atoms with Crippen LogP contribution in [0.15, 0.2) is 22.7 Å². The SMILES string of the molecule is NC1CCCN(c2ccc([N+](=O)[O-])cc2Br)C1=O. The molecule has 6 nitrogen and oxygen atoms in total. The molecular weight excluding hydrogens is 302 g/mol. The summed E-state index contributed by atoms with van der Waals surface area (Å²) in [5.41, 5.74) is 6.33. The molecule has 1 unspecified atom stereocenters. The van der Waals surface area contributed by atoms with E-state index in [1.165, 1.54) is 12.1 Å². The highest BCUT2D eigenvalue weighted by atomic mass is 79.9. The zero-order chi connectivity index (χ0) is 13.3. The van der Waals surface area contributed by atoms with Crippen LogP contribution in [0.5, 0.6) is 0 Å². The van der Waals surface area contributed by atoms with Crippen LogP contribution in [0.4, 0.5) is 11.4 Å². The number of hydrogen-bond acceptors (Lipinski definition) is 4. The van der Waals surface area contributed by atoms with E-state index in [1.807, 2.05) is 0 Å². The van der Waals surface area contributed by atoms with Gasteiger partial charge in [-0.15, -0.1) is 0 Å². The molecule has 0 bridgehead atoms. The summed E-state index contributed by atoms with van der Waals surface area (Å²) in [5, 5.41) is 10.6. The van der Waals surface area contributed by atoms with Crippen molar-refractivity contribution in [3.63, 3.8) is 0 Å². The Morgan fingerprint density at radius 1 is 1.50 bits per heavy atom. The van der Waals surface area contributed by atoms with Crippen LogP contribution in [-0.2, 0) is 4.79 Å². The van der Waals surface area contributed by atoms with Gasteiger partial charge in [-0.25, -0.2) is 0 Å². The predicted molar refractivity (Wildman–Crippen MR) is 70.4 cm³/mol. The standard InChI is InChI=1S/C11H12BrN3O3/c12-8-6-7(15(17)18)3-4-10(8)14-5-1-2-9(13)11(14)16/h3-4,6,9H,1-2,5,13H2. The minimum Gasteiger partial charge on any atom is -0.320 e. The van der Waals surface area contributed by atoms with Crippen LogP contribution in [0, 0.1) is 10.1 Å². The maximum absolute atomic E-state index is 11.9. The largest absolute Gasteiger partial charge is 0.320 e. The van der Waals surface area contributed by atoms with Crippen LogP contribution in [0.25, 0.3) is 0 Å². The van der Waals surface area contributed by atoms with Crippen LogP contribution in [0.2, 0.25) is 0 Å². The number of rotatable bonds is 2. The van der Waals surface area contributed by atoms with Gasteiger partial charge in [0.25, 0.3) is 5.69 Å². The summed E-state index contributed by atoms with van der Waals surface area (Å²) in [5.74, 6) is -0.143. The fourth-order valence-corrected chi connectivity index (χ4v) is 2.55. The lowest BCUT2D eigenvalue weighted by atomic mass is 10.0. The molecule has 1 aromatic rings. The van der Waals surface area contributed by atoms with E-state index in [-0.39, 0.29) is 11.6 Å². The summed E-state index contributed by atoms with van der Waals surface area (Å²) in [4.78, 5) is 23.7. The van der Waals surface area contributed by atoms with Gasteiger partial charge < -0.3 is 10.6 Å². The van der Waals surface area contributed by atoms with Crippen molar-refractivity contribution in [1.82, 2.24) is 0 Å². The Balaban J connectivity index is 2.33. The number of halogens is 1. The third kappa shape index (κ3) is 2.37. The van der Waals surface area contributed by atoms with Crippen molar-refractivity contribution in [2.24, 2.45) is 5.73 Å². The lowest BCUT2D eigenvalue weighted by molar-refractivity contribution is -0.384. The first kappa shape index (κ1) is 13.0. The van der Waals surface area contributed by atoms with Gasteiger partial charge in [0, 0.05) is 23.2 Å². The number of non-ortho nitro benzene ring substituents is 1. The van der Waals surface area contributed by atoms with Crippen LogP contribution in [0.3, 0.4) is 0 Å². The normalized spacial score (nSPS) is 20.0. The van der Waals surface area contributed by atoms with Crippen LogP contribution in [-0.4, -0.2) is 23.4 Å². The Bertz CT molecular complexity index is 506. The van der Waals surface area contributed by atoms with E-state index in [1.54, 1.807) is 11.0 Å². The molecule has 2 rings (SSSR count). The van der Waals surface area contributed by atoms with E-state index in [0.29, 0.717) is 23.1 Å². The highest BCUT2D eigenvalue weighted by molar-refractivity contribution is 9.10. The summed E-state index contributed by atoms with van der Waals surface area (Å²) >= 11 is 3.26. The fourth-order valence-electron chi connectivity index (χ4n) is 1.97. The Morgan fingerprint density at radius 2 is 2.22 bits per heavy atom. The minimum absolute atomic E-state index is 0.0145. The Kier molecular flexibility index (Phi) is 3.63. The lowest BCUT2D eigenvalue weighted by Gasteiger charge is -2.31. The molecule has 1 aliphatic rings. The summed E-state index contributed by atoms with van der Waals surface area (Å²) in [6.07, 6.45) is 1.51. The van der Waals surface area contributed by atoms with Crippen molar-refractivity contribution in [1.29, 1.82) is 0 Å². The quantitative estimate of drug-likeness (QED) is 0.666. The van der Waals surface area contributed by atoms with E-state index < -0.39 is 11.0 Å². The van der Waals surface area contributed by atoms with E-state index in [2.05, 4.69) is 15.9 Å². The first-order valence-electron chi connectivity index (χ1n) is 5.51. The number of piperidine rings is 1. The number of hydrogen-bond donors (Lipinski definition) is 1. The molecule has 1 fully saturated rings. The number of benzene rings is 1. The highest BCUT2D eigenvalue weighted by Gasteiger charge is 2.28. The van der Waals surface area contributed by atoms with Gasteiger partial charge in [-0.3, -0.25) is 14.9 Å². The summed E-state index contributed by atoms with van der Waals surface area (Å²) in [6.45, 7) is 0.586. The maximum atomic E-state index is 11.9. The number of nitrogens with two attached hydrogens (primary N) is 1. The molecule has 0 aromatic heterocycles. The first-order valence-corrected chi connectivity index (χ1v) is 6.31. The highest BCUT2D eigenvalue weighted by Crippen LogP contribution is 2.32. The van der Waals surface area contributed by atoms with Gasteiger partial charge in [-0.1, -0.05) is 0 Å². The van der Waals surface area contributed by atoms with E-state index in [0.717, 1.165) is 6.42 Å². The third-order valence-electron chi connectivity index (χ3n) is 2.91. The minimum atomic E-state index is -0.485. The van der Waals surface area contributed by atoms with Gasteiger partial charge in [-0.05, 0) is 34.8 Å². The number of nitrogens with zero attached hydrogens (tertiary/aromatic N) is 2. The second-order valence-electron chi connectivity index (χ2n) is 4.13. The molecule has 0 radical (unpaired) electrons. The second-order valence-corrected chi connectivity index (χ2v) is 4.99. The van der Waals surface area contributed by atoms with Crippen LogP contribution >= 0.6 is 15.9 Å². The van der Waals surface area contributed by atoms with Crippen molar-refractivity contribution in [2.75, 3.05) is 11.4 Å². The van der Waals surface area contributed by atoms with Crippen molar-refractivity contribution in [2.45, 2.75) is 18.9 Å². The Labute approximate surface area is 112 Å². The third-order valence-corrected chi connectivity index (χ3v) is 3.55. The fraction of sp³-hybridized carbons (Fsp3) is 0.364. The summed E-state index contributed by atoms with van der Waals surface area (Å²) in [6, 6.07) is 3.86. The van der Waals surface area contributed by atoms with E-state index >= 15 is 0 Å². The molecule has 1 heterocycles. The van der Waals surface area contributed by atoms with Gasteiger partial charge in [0.05, 0.1) is 16.7 Å². The van der Waals surface area contributed by atoms with Crippen molar-refractivity contribution in [3.8, 4) is 0 Å². The average Bonchev–Trinajstić information content (AvgIpc) is 2.33. The molecule has 1 aromatic carbocycles. The maximum Gasteiger partial charge on any atom is 0.270 e. The second kappa shape index (κ2) is 5.03.